The standard InChI is InChI=1S/C23H24ClFN4/c24-22-15-28-23(29-19-4-2-1-3-5-19)13-21(22)17-10-18(25)12-20(11-17)27-14-16-6-8-26-9-7-16/h6-13,15,19,27H,1-5,14H2,(H,28,29). The van der Waals surface area contributed by atoms with Crippen molar-refractivity contribution in [1.82, 2.24) is 9.97 Å². The molecular weight excluding hydrogens is 387 g/mol. The number of nitrogens with zero attached hydrogens (tertiary/aromatic N) is 2. The minimum absolute atomic E-state index is 0.311. The van der Waals surface area contributed by atoms with E-state index in [1.54, 1.807) is 18.6 Å². The molecule has 1 aliphatic carbocycles. The number of nitrogens with one attached hydrogen (secondary N) is 2. The van der Waals surface area contributed by atoms with Crippen LogP contribution in [0.15, 0.2) is 55.0 Å². The molecule has 150 valence electrons. The molecule has 2 N–H and O–H groups in total. The van der Waals surface area contributed by atoms with Crippen molar-refractivity contribution in [3.63, 3.8) is 0 Å². The van der Waals surface area contributed by atoms with Crippen LogP contribution in [0.25, 0.3) is 11.1 Å². The lowest BCUT2D eigenvalue weighted by Gasteiger charge is -2.23. The number of hydrogen-bond acceptors (Lipinski definition) is 4. The predicted molar refractivity (Wildman–Crippen MR) is 117 cm³/mol. The summed E-state index contributed by atoms with van der Waals surface area (Å²) < 4.78 is 14.3. The van der Waals surface area contributed by atoms with Gasteiger partial charge in [-0.15, -0.1) is 0 Å². The van der Waals surface area contributed by atoms with Crippen molar-refractivity contribution < 1.29 is 4.39 Å². The second-order valence-electron chi connectivity index (χ2n) is 7.47. The van der Waals surface area contributed by atoms with Crippen LogP contribution in [-0.4, -0.2) is 16.0 Å². The third-order valence-corrected chi connectivity index (χ3v) is 5.57. The van der Waals surface area contributed by atoms with E-state index in [1.165, 1.54) is 31.4 Å². The molecule has 0 saturated heterocycles. The highest BCUT2D eigenvalue weighted by Gasteiger charge is 2.15. The van der Waals surface area contributed by atoms with E-state index in [1.807, 2.05) is 24.3 Å². The van der Waals surface area contributed by atoms with Gasteiger partial charge in [0.15, 0.2) is 0 Å². The molecule has 4 nitrogen and oxygen atoms in total. The molecule has 1 aliphatic rings. The Morgan fingerprint density at radius 2 is 1.83 bits per heavy atom. The van der Waals surface area contributed by atoms with Crippen LogP contribution in [0.4, 0.5) is 15.9 Å². The van der Waals surface area contributed by atoms with Crippen molar-refractivity contribution in [2.24, 2.45) is 0 Å². The summed E-state index contributed by atoms with van der Waals surface area (Å²) in [5, 5.41) is 7.28. The topological polar surface area (TPSA) is 49.8 Å². The SMILES string of the molecule is Fc1cc(NCc2ccncc2)cc(-c2cc(NC3CCCCC3)ncc2Cl)c1. The van der Waals surface area contributed by atoms with E-state index < -0.39 is 0 Å². The van der Waals surface area contributed by atoms with Gasteiger partial charge >= 0.3 is 0 Å². The molecule has 0 radical (unpaired) electrons. The first-order valence-electron chi connectivity index (χ1n) is 10.0. The van der Waals surface area contributed by atoms with Gasteiger partial charge in [0.05, 0.1) is 5.02 Å². The molecule has 0 spiro atoms. The molecular formula is C23H24ClFN4. The third kappa shape index (κ3) is 5.24. The number of anilines is 2. The number of hydrogen-bond donors (Lipinski definition) is 2. The van der Waals surface area contributed by atoms with Gasteiger partial charge in [0, 0.05) is 42.4 Å². The summed E-state index contributed by atoms with van der Waals surface area (Å²) in [6.45, 7) is 0.587. The molecule has 3 aromatic rings. The lowest BCUT2D eigenvalue weighted by atomic mass is 9.95. The van der Waals surface area contributed by atoms with E-state index in [9.17, 15) is 4.39 Å². The Hall–Kier alpha value is -2.66. The molecule has 2 heterocycles. The van der Waals surface area contributed by atoms with Crippen molar-refractivity contribution in [3.8, 4) is 11.1 Å². The van der Waals surface area contributed by atoms with E-state index in [2.05, 4.69) is 20.6 Å². The van der Waals surface area contributed by atoms with Gasteiger partial charge in [-0.1, -0.05) is 30.9 Å². The van der Waals surface area contributed by atoms with Gasteiger partial charge in [0.2, 0.25) is 0 Å². The number of pyridine rings is 2. The van der Waals surface area contributed by atoms with E-state index in [4.69, 9.17) is 11.6 Å². The monoisotopic (exact) mass is 410 g/mol. The van der Waals surface area contributed by atoms with Crippen LogP contribution in [0.2, 0.25) is 5.02 Å². The normalized spacial score (nSPS) is 14.6. The molecule has 0 unspecified atom stereocenters. The van der Waals surface area contributed by atoms with Gasteiger partial charge in [-0.05, 0) is 60.4 Å². The van der Waals surface area contributed by atoms with E-state index >= 15 is 0 Å². The van der Waals surface area contributed by atoms with Crippen LogP contribution in [0.1, 0.15) is 37.7 Å². The maximum Gasteiger partial charge on any atom is 0.126 e. The Kier molecular flexibility index (Phi) is 6.25. The van der Waals surface area contributed by atoms with Gasteiger partial charge in [-0.25, -0.2) is 9.37 Å². The number of aromatic nitrogens is 2. The summed E-state index contributed by atoms with van der Waals surface area (Å²) in [5.74, 6) is 0.473. The van der Waals surface area contributed by atoms with Crippen LogP contribution >= 0.6 is 11.6 Å². The average Bonchev–Trinajstić information content (AvgIpc) is 2.75. The van der Waals surface area contributed by atoms with Gasteiger partial charge < -0.3 is 10.6 Å². The fraction of sp³-hybridized carbons (Fsp3) is 0.304. The first-order valence-corrected chi connectivity index (χ1v) is 10.4. The van der Waals surface area contributed by atoms with Crippen LogP contribution < -0.4 is 10.6 Å². The summed E-state index contributed by atoms with van der Waals surface area (Å²) in [6, 6.07) is 11.1. The van der Waals surface area contributed by atoms with E-state index in [0.29, 0.717) is 23.3 Å². The molecule has 0 atom stereocenters. The molecule has 29 heavy (non-hydrogen) atoms. The molecule has 0 aliphatic heterocycles. The predicted octanol–water partition coefficient (Wildman–Crippen LogP) is 6.29. The second-order valence-corrected chi connectivity index (χ2v) is 7.87. The Labute approximate surface area is 175 Å². The fourth-order valence-electron chi connectivity index (χ4n) is 3.75. The molecule has 6 heteroatoms. The number of benzene rings is 1. The molecule has 2 aromatic heterocycles. The molecule has 1 fully saturated rings. The average molecular weight is 411 g/mol. The van der Waals surface area contributed by atoms with Gasteiger partial charge in [0.1, 0.15) is 11.6 Å². The maximum atomic E-state index is 14.3. The van der Waals surface area contributed by atoms with Crippen molar-refractivity contribution in [1.29, 1.82) is 0 Å². The van der Waals surface area contributed by atoms with Crippen LogP contribution in [-0.2, 0) is 6.54 Å². The number of halogens is 2. The van der Waals surface area contributed by atoms with Crippen molar-refractivity contribution >= 4 is 23.1 Å². The minimum Gasteiger partial charge on any atom is -0.381 e. The lowest BCUT2D eigenvalue weighted by molar-refractivity contribution is 0.462. The quantitative estimate of drug-likeness (QED) is 0.501. The smallest absolute Gasteiger partial charge is 0.126 e. The molecule has 1 saturated carbocycles. The Bertz CT molecular complexity index is 958. The summed E-state index contributed by atoms with van der Waals surface area (Å²) >= 11 is 6.41. The Morgan fingerprint density at radius 3 is 2.62 bits per heavy atom. The zero-order chi connectivity index (χ0) is 20.1. The van der Waals surface area contributed by atoms with Crippen molar-refractivity contribution in [2.45, 2.75) is 44.7 Å². The van der Waals surface area contributed by atoms with E-state index in [-0.39, 0.29) is 5.82 Å². The fourth-order valence-corrected chi connectivity index (χ4v) is 3.96. The molecule has 0 bridgehead atoms. The number of rotatable bonds is 6. The zero-order valence-corrected chi connectivity index (χ0v) is 16.9. The second kappa shape index (κ2) is 9.23. The lowest BCUT2D eigenvalue weighted by Crippen LogP contribution is -2.22. The van der Waals surface area contributed by atoms with Gasteiger partial charge in [0.25, 0.3) is 0 Å². The van der Waals surface area contributed by atoms with Crippen molar-refractivity contribution in [3.05, 3.63) is 71.4 Å². The minimum atomic E-state index is -0.311. The highest BCUT2D eigenvalue weighted by molar-refractivity contribution is 6.33. The molecule has 1 aromatic carbocycles. The Morgan fingerprint density at radius 1 is 1.03 bits per heavy atom. The molecule has 4 rings (SSSR count). The van der Waals surface area contributed by atoms with Crippen LogP contribution in [0.3, 0.4) is 0 Å². The van der Waals surface area contributed by atoms with Crippen molar-refractivity contribution in [2.75, 3.05) is 10.6 Å². The first kappa shape index (κ1) is 19.6. The van der Waals surface area contributed by atoms with Crippen LogP contribution in [0, 0.1) is 5.82 Å². The van der Waals surface area contributed by atoms with Gasteiger partial charge in [-0.3, -0.25) is 4.98 Å². The molecule has 0 amide bonds. The Balaban J connectivity index is 1.55. The summed E-state index contributed by atoms with van der Waals surface area (Å²) in [7, 11) is 0. The highest BCUT2D eigenvalue weighted by atomic mass is 35.5. The summed E-state index contributed by atoms with van der Waals surface area (Å²) in [4.78, 5) is 8.43. The first-order chi connectivity index (χ1) is 14.2. The third-order valence-electron chi connectivity index (χ3n) is 5.27. The zero-order valence-electron chi connectivity index (χ0n) is 16.2. The van der Waals surface area contributed by atoms with Gasteiger partial charge in [-0.2, -0.15) is 0 Å². The van der Waals surface area contributed by atoms with Crippen LogP contribution in [0.5, 0.6) is 0 Å². The van der Waals surface area contributed by atoms with E-state index in [0.717, 1.165) is 35.3 Å². The maximum absolute atomic E-state index is 14.3. The summed E-state index contributed by atoms with van der Waals surface area (Å²) in [5.41, 5.74) is 3.27. The summed E-state index contributed by atoms with van der Waals surface area (Å²) in [6.07, 6.45) is 11.2. The largest absolute Gasteiger partial charge is 0.381 e. The highest BCUT2D eigenvalue weighted by Crippen LogP contribution is 2.32.